The highest BCUT2D eigenvalue weighted by molar-refractivity contribution is 5.00. The molecule has 0 aromatic carbocycles. The molecule has 2 saturated heterocycles. The summed E-state index contributed by atoms with van der Waals surface area (Å²) in [5.74, 6) is 5.35. The molecular weight excluding hydrogens is 180 g/mol. The zero-order chi connectivity index (χ0) is 10.4. The molecule has 2 bridgehead atoms. The van der Waals surface area contributed by atoms with Gasteiger partial charge in [-0.05, 0) is 26.7 Å². The predicted molar refractivity (Wildman–Crippen MR) is 53.3 cm³/mol. The Hall–Kier alpha value is -0.160. The fraction of sp³-hybridized carbons (Fsp3) is 1.00. The monoisotopic (exact) mass is 200 g/mol. The number of hydroxylamine groups is 1. The lowest BCUT2D eigenvalue weighted by atomic mass is 9.72. The number of fused-ring (bicyclic) bond motifs is 4. The van der Waals surface area contributed by atoms with Crippen molar-refractivity contribution in [1.29, 1.82) is 0 Å². The van der Waals surface area contributed by atoms with E-state index in [0.717, 1.165) is 32.1 Å². The Morgan fingerprint density at radius 2 is 1.71 bits per heavy atom. The second-order valence-electron chi connectivity index (χ2n) is 5.36. The summed E-state index contributed by atoms with van der Waals surface area (Å²) in [6.07, 6.45) is 4.85. The van der Waals surface area contributed by atoms with E-state index in [0.29, 0.717) is 0 Å². The highest BCUT2D eigenvalue weighted by Gasteiger charge is 2.51. The van der Waals surface area contributed by atoms with Crippen molar-refractivity contribution in [3.63, 3.8) is 0 Å². The number of hydrogen-bond donors (Lipinski definition) is 2. The van der Waals surface area contributed by atoms with Gasteiger partial charge in [-0.15, -0.1) is 0 Å². The molecular formula is C10H20N2O2. The summed E-state index contributed by atoms with van der Waals surface area (Å²) >= 11 is 0. The third kappa shape index (κ3) is 1.80. The first kappa shape index (κ1) is 10.4. The summed E-state index contributed by atoms with van der Waals surface area (Å²) in [6, 6.07) is 0.0675. The van der Waals surface area contributed by atoms with Crippen molar-refractivity contribution >= 4 is 0 Å². The maximum absolute atomic E-state index is 11.1. The van der Waals surface area contributed by atoms with E-state index in [1.807, 2.05) is 0 Å². The summed E-state index contributed by atoms with van der Waals surface area (Å²) < 4.78 is 5.93. The summed E-state index contributed by atoms with van der Waals surface area (Å²) in [5, 5.41) is 11.0. The molecule has 82 valence electrons. The standard InChI is InChI=1S/C10H20N2O2/c1-9-5-3-8(12(11)13)4-6-10(2,7-9)14-9/h8,12H,3-7,11H2,1-2H3. The number of ether oxygens (including phenoxy) is 1. The van der Waals surface area contributed by atoms with Crippen molar-refractivity contribution in [2.45, 2.75) is 63.2 Å². The van der Waals surface area contributed by atoms with Gasteiger partial charge in [-0.1, -0.05) is 0 Å². The minimum atomic E-state index is -0.140. The van der Waals surface area contributed by atoms with Gasteiger partial charge in [0.2, 0.25) is 0 Å². The van der Waals surface area contributed by atoms with Crippen LogP contribution in [-0.2, 0) is 4.74 Å². The Balaban J connectivity index is 2.00. The molecule has 0 amide bonds. The van der Waals surface area contributed by atoms with Gasteiger partial charge in [0.15, 0.2) is 0 Å². The van der Waals surface area contributed by atoms with Crippen LogP contribution in [0.2, 0.25) is 0 Å². The van der Waals surface area contributed by atoms with Crippen molar-refractivity contribution in [1.82, 2.24) is 0 Å². The molecule has 0 aromatic heterocycles. The van der Waals surface area contributed by atoms with Crippen LogP contribution in [0.15, 0.2) is 0 Å². The van der Waals surface area contributed by atoms with E-state index < -0.39 is 0 Å². The Morgan fingerprint density at radius 1 is 1.29 bits per heavy atom. The Labute approximate surface area is 84.9 Å². The van der Waals surface area contributed by atoms with Crippen LogP contribution in [0.3, 0.4) is 0 Å². The highest BCUT2D eigenvalue weighted by Crippen LogP contribution is 2.48. The Morgan fingerprint density at radius 3 is 2.07 bits per heavy atom. The van der Waals surface area contributed by atoms with E-state index >= 15 is 0 Å². The second-order valence-corrected chi connectivity index (χ2v) is 5.36. The number of nitrogens with two attached hydrogens (primary N) is 1. The molecule has 1 saturated carbocycles. The van der Waals surface area contributed by atoms with Crippen LogP contribution in [-0.4, -0.2) is 17.2 Å². The first-order valence-electron chi connectivity index (χ1n) is 5.42. The van der Waals surface area contributed by atoms with E-state index in [2.05, 4.69) is 13.8 Å². The Bertz CT molecular complexity index is 206. The van der Waals surface area contributed by atoms with Gasteiger partial charge in [0, 0.05) is 19.3 Å². The molecule has 3 rings (SSSR count). The van der Waals surface area contributed by atoms with Crippen LogP contribution >= 0.6 is 0 Å². The van der Waals surface area contributed by atoms with Crippen LogP contribution in [0.4, 0.5) is 0 Å². The molecule has 4 nitrogen and oxygen atoms in total. The number of quaternary nitrogens is 1. The predicted octanol–water partition coefficient (Wildman–Crippen LogP) is 0.123. The van der Waals surface area contributed by atoms with Gasteiger partial charge in [-0.2, -0.15) is 5.84 Å². The smallest absolute Gasteiger partial charge is 0.105 e. The van der Waals surface area contributed by atoms with E-state index in [-0.39, 0.29) is 22.4 Å². The van der Waals surface area contributed by atoms with Gasteiger partial charge in [0.05, 0.1) is 11.2 Å². The Kier molecular flexibility index (Phi) is 2.34. The number of hydrogen-bond acceptors (Lipinski definition) is 3. The van der Waals surface area contributed by atoms with Crippen molar-refractivity contribution in [2.75, 3.05) is 0 Å². The molecule has 1 aliphatic carbocycles. The second kappa shape index (κ2) is 3.17. The van der Waals surface area contributed by atoms with Crippen molar-refractivity contribution in [3.8, 4) is 0 Å². The first-order chi connectivity index (χ1) is 6.43. The average Bonchev–Trinajstić information content (AvgIpc) is 1.97. The SMILES string of the molecule is CC12CCC([NH+](N)[O-])CCC(C)(C1)O2. The molecule has 2 heterocycles. The summed E-state index contributed by atoms with van der Waals surface area (Å²) in [6.45, 7) is 4.27. The van der Waals surface area contributed by atoms with Crippen molar-refractivity contribution < 1.29 is 9.91 Å². The van der Waals surface area contributed by atoms with Gasteiger partial charge in [0.1, 0.15) is 6.04 Å². The average molecular weight is 200 g/mol. The molecule has 3 fully saturated rings. The van der Waals surface area contributed by atoms with Gasteiger partial charge in [-0.3, -0.25) is 5.17 Å². The van der Waals surface area contributed by atoms with Crippen LogP contribution < -0.4 is 11.0 Å². The summed E-state index contributed by atoms with van der Waals surface area (Å²) in [5.41, 5.74) is 0.0335. The van der Waals surface area contributed by atoms with Gasteiger partial charge in [0.25, 0.3) is 0 Å². The minimum absolute atomic E-state index is 0.0167. The lowest BCUT2D eigenvalue weighted by Gasteiger charge is -2.55. The van der Waals surface area contributed by atoms with Crippen molar-refractivity contribution in [2.24, 2.45) is 5.84 Å². The zero-order valence-corrected chi connectivity index (χ0v) is 9.01. The maximum atomic E-state index is 11.1. The lowest BCUT2D eigenvalue weighted by molar-refractivity contribution is -0.889. The molecule has 3 atom stereocenters. The molecule has 0 aromatic rings. The zero-order valence-electron chi connectivity index (χ0n) is 9.01. The number of rotatable bonds is 1. The largest absolute Gasteiger partial charge is 0.613 e. The molecule has 3 N–H and O–H groups in total. The van der Waals surface area contributed by atoms with Gasteiger partial charge in [-0.25, -0.2) is 0 Å². The van der Waals surface area contributed by atoms with Gasteiger partial charge >= 0.3 is 0 Å². The van der Waals surface area contributed by atoms with Crippen molar-refractivity contribution in [3.05, 3.63) is 5.21 Å². The molecule has 3 aliphatic rings. The molecule has 14 heavy (non-hydrogen) atoms. The normalized spacial score (nSPS) is 50.1. The van der Waals surface area contributed by atoms with E-state index in [1.54, 1.807) is 0 Å². The van der Waals surface area contributed by atoms with E-state index in [1.165, 1.54) is 0 Å². The summed E-state index contributed by atoms with van der Waals surface area (Å²) in [7, 11) is 0. The third-order valence-corrected chi connectivity index (χ3v) is 3.69. The molecule has 0 spiro atoms. The highest BCUT2D eigenvalue weighted by atomic mass is 16.6. The maximum Gasteiger partial charge on any atom is 0.105 e. The van der Waals surface area contributed by atoms with E-state index in [4.69, 9.17) is 10.6 Å². The lowest BCUT2D eigenvalue weighted by Crippen LogP contribution is -3.17. The van der Waals surface area contributed by atoms with Crippen LogP contribution in [0.5, 0.6) is 0 Å². The third-order valence-electron chi connectivity index (χ3n) is 3.69. The molecule has 4 heteroatoms. The number of nitrogens with one attached hydrogen (secondary N) is 1. The first-order valence-corrected chi connectivity index (χ1v) is 5.42. The fourth-order valence-corrected chi connectivity index (χ4v) is 3.04. The molecule has 0 radical (unpaired) electrons. The quantitative estimate of drug-likeness (QED) is 0.467. The topological polar surface area (TPSA) is 62.8 Å². The minimum Gasteiger partial charge on any atom is -0.613 e. The van der Waals surface area contributed by atoms with Crippen LogP contribution in [0, 0.1) is 5.21 Å². The summed E-state index contributed by atoms with van der Waals surface area (Å²) in [4.78, 5) is 0. The van der Waals surface area contributed by atoms with E-state index in [9.17, 15) is 5.21 Å². The molecule has 2 aliphatic heterocycles. The van der Waals surface area contributed by atoms with Crippen LogP contribution in [0.25, 0.3) is 0 Å². The molecule has 3 unspecified atom stereocenters. The van der Waals surface area contributed by atoms with Gasteiger partial charge < -0.3 is 9.94 Å². The van der Waals surface area contributed by atoms with Crippen LogP contribution in [0.1, 0.15) is 46.0 Å². The fourth-order valence-electron chi connectivity index (χ4n) is 3.04.